The van der Waals surface area contributed by atoms with Crippen molar-refractivity contribution in [3.05, 3.63) is 0 Å². The second-order valence-electron chi connectivity index (χ2n) is 5.26. The molecule has 1 fully saturated rings. The summed E-state index contributed by atoms with van der Waals surface area (Å²) >= 11 is 0.383. The molecule has 1 atom stereocenters. The van der Waals surface area contributed by atoms with Crippen molar-refractivity contribution in [3.8, 4) is 0 Å². The summed E-state index contributed by atoms with van der Waals surface area (Å²) in [5.74, 6) is -43.7. The minimum atomic E-state index is -7.93. The third-order valence-electron chi connectivity index (χ3n) is 3.56. The van der Waals surface area contributed by atoms with Crippen LogP contribution in [0.3, 0.4) is 0 Å². The van der Waals surface area contributed by atoms with Crippen molar-refractivity contribution < 1.29 is 61.9 Å². The van der Waals surface area contributed by atoms with Gasteiger partial charge in [0.15, 0.2) is 0 Å². The predicted molar refractivity (Wildman–Crippen MR) is 61.2 cm³/mol. The maximum absolute atomic E-state index is 13.7. The summed E-state index contributed by atoms with van der Waals surface area (Å²) < 4.78 is 168. The smallest absolute Gasteiger partial charge is 0.299 e. The molecule has 0 radical (unpaired) electrons. The van der Waals surface area contributed by atoms with E-state index >= 15 is 0 Å². The molecule has 0 aliphatic carbocycles. The molecule has 0 N–H and O–H groups in total. The van der Waals surface area contributed by atoms with Crippen LogP contribution in [0.1, 0.15) is 6.42 Å². The van der Waals surface area contributed by atoms with Gasteiger partial charge >= 0.3 is 35.8 Å². The maximum Gasteiger partial charge on any atom is 0.460 e. The van der Waals surface area contributed by atoms with Crippen molar-refractivity contribution in [2.75, 3.05) is 11.5 Å². The van der Waals surface area contributed by atoms with Crippen molar-refractivity contribution in [2.45, 2.75) is 42.2 Å². The summed E-state index contributed by atoms with van der Waals surface area (Å²) in [5, 5.41) is 0. The molecule has 0 spiro atoms. The highest BCUT2D eigenvalue weighted by molar-refractivity contribution is 7.99. The molecule has 1 aliphatic heterocycles. The second kappa shape index (κ2) is 6.33. The summed E-state index contributed by atoms with van der Waals surface area (Å²) in [4.78, 5) is 11.2. The van der Waals surface area contributed by atoms with Gasteiger partial charge in [0, 0.05) is 17.9 Å². The molecule has 0 aromatic rings. The van der Waals surface area contributed by atoms with Crippen LogP contribution in [0.15, 0.2) is 0 Å². The minimum Gasteiger partial charge on any atom is -0.299 e. The highest BCUT2D eigenvalue weighted by atomic mass is 32.2. The molecule has 1 aliphatic rings. The lowest BCUT2D eigenvalue weighted by atomic mass is 9.85. The van der Waals surface area contributed by atoms with Crippen LogP contribution in [0.4, 0.5) is 57.1 Å². The first-order valence-electron chi connectivity index (χ1n) is 6.33. The standard InChI is InChI=1S/C11H7F13OS/c12-6(13,4-3-26-2-1-5(4)25)7(14,15)8(16,17)9(18,19)10(20,21)11(22,23)24/h4H,1-3H2. The Kier molecular flexibility index (Phi) is 5.63. The molecule has 0 bridgehead atoms. The Morgan fingerprint density at radius 1 is 0.692 bits per heavy atom. The quantitative estimate of drug-likeness (QED) is 0.564. The first-order valence-corrected chi connectivity index (χ1v) is 7.48. The van der Waals surface area contributed by atoms with E-state index in [1.165, 1.54) is 0 Å². The summed E-state index contributed by atoms with van der Waals surface area (Å²) in [6.07, 6.45) is -8.27. The summed E-state index contributed by atoms with van der Waals surface area (Å²) in [7, 11) is 0. The van der Waals surface area contributed by atoms with Gasteiger partial charge in [-0.2, -0.15) is 68.8 Å². The Labute approximate surface area is 140 Å². The number of carbonyl (C=O) groups is 1. The summed E-state index contributed by atoms with van der Waals surface area (Å²) in [6, 6.07) is 0. The topological polar surface area (TPSA) is 17.1 Å². The third-order valence-corrected chi connectivity index (χ3v) is 4.62. The van der Waals surface area contributed by atoms with E-state index in [1.54, 1.807) is 0 Å². The van der Waals surface area contributed by atoms with Gasteiger partial charge in [-0.1, -0.05) is 0 Å². The fraction of sp³-hybridized carbons (Fsp3) is 0.909. The molecule has 0 saturated carbocycles. The molecular formula is C11H7F13OS. The number of rotatable bonds is 5. The molecule has 0 amide bonds. The average molecular weight is 434 g/mol. The number of alkyl halides is 13. The van der Waals surface area contributed by atoms with E-state index < -0.39 is 59.7 Å². The SMILES string of the molecule is O=C1CCSCC1C(F)(F)C(F)(F)C(F)(F)C(F)(F)C(F)(F)C(F)(F)F. The van der Waals surface area contributed by atoms with E-state index in [0.29, 0.717) is 11.8 Å². The molecule has 1 heterocycles. The molecule has 0 aromatic heterocycles. The van der Waals surface area contributed by atoms with Crippen LogP contribution in [0, 0.1) is 5.92 Å². The van der Waals surface area contributed by atoms with Crippen molar-refractivity contribution >= 4 is 17.5 Å². The van der Waals surface area contributed by atoms with Crippen LogP contribution < -0.4 is 0 Å². The van der Waals surface area contributed by atoms with Crippen molar-refractivity contribution in [1.29, 1.82) is 0 Å². The summed E-state index contributed by atoms with van der Waals surface area (Å²) in [6.45, 7) is 0. The van der Waals surface area contributed by atoms with Crippen LogP contribution in [0.25, 0.3) is 0 Å². The van der Waals surface area contributed by atoms with E-state index in [9.17, 15) is 61.9 Å². The normalized spacial score (nSPS) is 21.9. The van der Waals surface area contributed by atoms with E-state index in [0.717, 1.165) is 0 Å². The molecule has 154 valence electrons. The average Bonchev–Trinajstić information content (AvgIpc) is 2.45. The molecule has 1 nitrogen and oxygen atoms in total. The van der Waals surface area contributed by atoms with E-state index in [2.05, 4.69) is 0 Å². The molecule has 1 saturated heterocycles. The maximum atomic E-state index is 13.7. The number of hydrogen-bond acceptors (Lipinski definition) is 2. The van der Waals surface area contributed by atoms with Gasteiger partial charge in [-0.3, -0.25) is 4.79 Å². The molecule has 1 rings (SSSR count). The lowest BCUT2D eigenvalue weighted by Gasteiger charge is -2.42. The number of carbonyl (C=O) groups excluding carboxylic acids is 1. The zero-order chi connectivity index (χ0) is 21.0. The van der Waals surface area contributed by atoms with Crippen LogP contribution in [0.5, 0.6) is 0 Å². The van der Waals surface area contributed by atoms with Crippen LogP contribution in [0.2, 0.25) is 0 Å². The lowest BCUT2D eigenvalue weighted by Crippen LogP contribution is -2.71. The van der Waals surface area contributed by atoms with Gasteiger partial charge < -0.3 is 0 Å². The van der Waals surface area contributed by atoms with Crippen molar-refractivity contribution in [1.82, 2.24) is 0 Å². The highest BCUT2D eigenvalue weighted by Gasteiger charge is 2.91. The van der Waals surface area contributed by atoms with E-state index in [4.69, 9.17) is 0 Å². The van der Waals surface area contributed by atoms with Crippen LogP contribution in [-0.2, 0) is 4.79 Å². The van der Waals surface area contributed by atoms with Crippen LogP contribution >= 0.6 is 11.8 Å². The van der Waals surface area contributed by atoms with Gasteiger partial charge in [-0.15, -0.1) is 0 Å². The van der Waals surface area contributed by atoms with Gasteiger partial charge in [-0.05, 0) is 0 Å². The van der Waals surface area contributed by atoms with Gasteiger partial charge in [-0.25, -0.2) is 0 Å². The number of ketones is 1. The molecule has 15 heteroatoms. The first kappa shape index (κ1) is 23.1. The lowest BCUT2D eigenvalue weighted by molar-refractivity contribution is -0.441. The van der Waals surface area contributed by atoms with Crippen molar-refractivity contribution in [2.24, 2.45) is 5.92 Å². The Balaban J connectivity index is 3.45. The zero-order valence-corrected chi connectivity index (χ0v) is 12.7. The largest absolute Gasteiger partial charge is 0.460 e. The molecule has 26 heavy (non-hydrogen) atoms. The fourth-order valence-corrected chi connectivity index (χ4v) is 3.09. The van der Waals surface area contributed by atoms with Gasteiger partial charge in [0.05, 0.1) is 5.92 Å². The minimum absolute atomic E-state index is 0.185. The predicted octanol–water partition coefficient (Wildman–Crippen LogP) is 5.05. The second-order valence-corrected chi connectivity index (χ2v) is 6.41. The third kappa shape index (κ3) is 3.03. The van der Waals surface area contributed by atoms with Crippen LogP contribution in [-0.4, -0.2) is 53.1 Å². The Morgan fingerprint density at radius 3 is 1.50 bits per heavy atom. The van der Waals surface area contributed by atoms with Gasteiger partial charge in [0.25, 0.3) is 0 Å². The monoisotopic (exact) mass is 434 g/mol. The molecule has 0 aromatic carbocycles. The van der Waals surface area contributed by atoms with Crippen molar-refractivity contribution in [3.63, 3.8) is 0 Å². The Hall–Kier alpha value is -0.890. The fourth-order valence-electron chi connectivity index (χ4n) is 1.95. The Morgan fingerprint density at radius 2 is 1.12 bits per heavy atom. The zero-order valence-electron chi connectivity index (χ0n) is 11.9. The first-order chi connectivity index (χ1) is 11.3. The molecule has 1 unspecified atom stereocenters. The number of thioether (sulfide) groups is 1. The van der Waals surface area contributed by atoms with Gasteiger partial charge in [0.2, 0.25) is 0 Å². The van der Waals surface area contributed by atoms with E-state index in [-0.39, 0.29) is 5.75 Å². The van der Waals surface area contributed by atoms with E-state index in [1.807, 2.05) is 0 Å². The molecular weight excluding hydrogens is 427 g/mol. The van der Waals surface area contributed by atoms with Gasteiger partial charge in [0.1, 0.15) is 5.78 Å². The number of halogens is 13. The number of Topliss-reactive ketones (excluding diaryl/α,β-unsaturated/α-hetero) is 1. The number of hydrogen-bond donors (Lipinski definition) is 0. The summed E-state index contributed by atoms with van der Waals surface area (Å²) in [5.41, 5.74) is 0. The highest BCUT2D eigenvalue weighted by Crippen LogP contribution is 2.61. The Bertz CT molecular complexity index is 553.